The maximum Gasteiger partial charge on any atom is 0.243 e. The van der Waals surface area contributed by atoms with Crippen LogP contribution in [0.15, 0.2) is 21.5 Å². The van der Waals surface area contributed by atoms with Gasteiger partial charge in [-0.05, 0) is 12.1 Å². The lowest BCUT2D eigenvalue weighted by Gasteiger charge is -2.23. The monoisotopic (exact) mass is 403 g/mol. The van der Waals surface area contributed by atoms with Gasteiger partial charge in [-0.2, -0.15) is 0 Å². The summed E-state index contributed by atoms with van der Waals surface area (Å²) in [6.07, 6.45) is -0.313. The molecular weight excluding hydrogens is 393 g/mol. The Labute approximate surface area is 135 Å². The molecular formula is C11H12BrCl2NO4S. The molecule has 1 saturated heterocycles. The third-order valence-corrected chi connectivity index (χ3v) is 5.42. The Morgan fingerprint density at radius 1 is 1.30 bits per heavy atom. The summed E-state index contributed by atoms with van der Waals surface area (Å²) in [5.74, 6) is 0. The molecule has 1 aromatic rings. The van der Waals surface area contributed by atoms with Crippen LogP contribution in [0.5, 0.6) is 0 Å². The molecule has 0 aromatic heterocycles. The summed E-state index contributed by atoms with van der Waals surface area (Å²) in [5, 5.41) is 0.107. The van der Waals surface area contributed by atoms with E-state index in [1.807, 2.05) is 0 Å². The van der Waals surface area contributed by atoms with E-state index < -0.39 is 10.0 Å². The molecule has 1 N–H and O–H groups in total. The lowest BCUT2D eigenvalue weighted by molar-refractivity contribution is -0.0846. The van der Waals surface area contributed by atoms with E-state index in [1.54, 1.807) is 0 Å². The second-order valence-electron chi connectivity index (χ2n) is 4.12. The molecule has 9 heteroatoms. The second kappa shape index (κ2) is 6.91. The molecule has 1 aliphatic heterocycles. The van der Waals surface area contributed by atoms with Gasteiger partial charge in [0.15, 0.2) is 0 Å². The number of sulfonamides is 1. The Kier molecular flexibility index (Phi) is 5.70. The number of rotatable bonds is 4. The molecule has 20 heavy (non-hydrogen) atoms. The van der Waals surface area contributed by atoms with Crippen molar-refractivity contribution in [2.45, 2.75) is 11.0 Å². The smallest absolute Gasteiger partial charge is 0.243 e. The van der Waals surface area contributed by atoms with Gasteiger partial charge in [-0.15, -0.1) is 0 Å². The fourth-order valence-corrected chi connectivity index (χ4v) is 4.71. The second-order valence-corrected chi connectivity index (χ2v) is 7.55. The zero-order chi connectivity index (χ0) is 14.8. The van der Waals surface area contributed by atoms with Crippen molar-refractivity contribution in [1.82, 2.24) is 4.72 Å². The molecule has 0 spiro atoms. The average molecular weight is 405 g/mol. The largest absolute Gasteiger partial charge is 0.376 e. The van der Waals surface area contributed by atoms with Gasteiger partial charge in [0.25, 0.3) is 0 Å². The summed E-state index contributed by atoms with van der Waals surface area (Å²) >= 11 is 15.1. The van der Waals surface area contributed by atoms with Gasteiger partial charge in [0.1, 0.15) is 4.90 Å². The first-order valence-electron chi connectivity index (χ1n) is 5.74. The van der Waals surface area contributed by atoms with E-state index in [4.69, 9.17) is 32.7 Å². The van der Waals surface area contributed by atoms with E-state index in [9.17, 15) is 8.42 Å². The molecule has 1 fully saturated rings. The molecule has 1 aromatic carbocycles. The summed E-state index contributed by atoms with van der Waals surface area (Å²) in [5.41, 5.74) is 0. The number of hydrogen-bond donors (Lipinski definition) is 1. The number of nitrogens with one attached hydrogen (secondary N) is 1. The standard InChI is InChI=1S/C11H12BrCl2NO4S/c12-7-3-9(13)11(10(14)4-7)20(16,17)15-5-8-6-18-1-2-19-8/h3-4,8,15H,1-2,5-6H2. The fraction of sp³-hybridized carbons (Fsp3) is 0.455. The third-order valence-electron chi connectivity index (χ3n) is 2.62. The Morgan fingerprint density at radius 3 is 2.50 bits per heavy atom. The molecule has 1 heterocycles. The first-order valence-corrected chi connectivity index (χ1v) is 8.77. The highest BCUT2D eigenvalue weighted by molar-refractivity contribution is 9.10. The summed E-state index contributed by atoms with van der Waals surface area (Å²) in [6, 6.07) is 2.95. The normalized spacial score (nSPS) is 20.1. The quantitative estimate of drug-likeness (QED) is 0.836. The predicted molar refractivity (Wildman–Crippen MR) is 79.9 cm³/mol. The molecule has 5 nitrogen and oxygen atoms in total. The van der Waals surface area contributed by atoms with Crippen LogP contribution in [-0.4, -0.2) is 40.9 Å². The zero-order valence-electron chi connectivity index (χ0n) is 10.2. The lowest BCUT2D eigenvalue weighted by Crippen LogP contribution is -2.39. The summed E-state index contributed by atoms with van der Waals surface area (Å²) in [4.78, 5) is -0.138. The van der Waals surface area contributed by atoms with E-state index in [2.05, 4.69) is 20.7 Å². The Bertz CT molecular complexity index is 567. The highest BCUT2D eigenvalue weighted by Gasteiger charge is 2.24. The van der Waals surface area contributed by atoms with Gasteiger partial charge in [0.05, 0.1) is 36.0 Å². The minimum Gasteiger partial charge on any atom is -0.376 e. The van der Waals surface area contributed by atoms with Crippen molar-refractivity contribution in [3.8, 4) is 0 Å². The average Bonchev–Trinajstić information content (AvgIpc) is 2.36. The Morgan fingerprint density at radius 2 is 1.95 bits per heavy atom. The SMILES string of the molecule is O=S(=O)(NCC1COCCO1)c1c(Cl)cc(Br)cc1Cl. The minimum absolute atomic E-state index is 0.0534. The molecule has 0 bridgehead atoms. The summed E-state index contributed by atoms with van der Waals surface area (Å²) < 4.78 is 38.1. The van der Waals surface area contributed by atoms with E-state index in [0.29, 0.717) is 24.3 Å². The van der Waals surface area contributed by atoms with Gasteiger partial charge in [-0.25, -0.2) is 13.1 Å². The van der Waals surface area contributed by atoms with Crippen LogP contribution in [-0.2, 0) is 19.5 Å². The van der Waals surface area contributed by atoms with Crippen molar-refractivity contribution in [3.63, 3.8) is 0 Å². The molecule has 0 saturated carbocycles. The van der Waals surface area contributed by atoms with Crippen LogP contribution >= 0.6 is 39.1 Å². The fourth-order valence-electron chi connectivity index (χ4n) is 1.71. The highest BCUT2D eigenvalue weighted by Crippen LogP contribution is 2.32. The highest BCUT2D eigenvalue weighted by atomic mass is 79.9. The zero-order valence-corrected chi connectivity index (χ0v) is 14.1. The number of benzene rings is 1. The number of hydrogen-bond acceptors (Lipinski definition) is 4. The Hall–Kier alpha value is 0.110. The van der Waals surface area contributed by atoms with Crippen molar-refractivity contribution < 1.29 is 17.9 Å². The molecule has 0 aliphatic carbocycles. The van der Waals surface area contributed by atoms with E-state index in [-0.39, 0.29) is 27.6 Å². The first kappa shape index (κ1) is 16.5. The topological polar surface area (TPSA) is 64.6 Å². The molecule has 1 unspecified atom stereocenters. The maximum atomic E-state index is 12.2. The molecule has 1 atom stereocenters. The van der Waals surface area contributed by atoms with Crippen molar-refractivity contribution in [2.75, 3.05) is 26.4 Å². The van der Waals surface area contributed by atoms with Crippen LogP contribution in [0.1, 0.15) is 0 Å². The van der Waals surface area contributed by atoms with Gasteiger partial charge in [0, 0.05) is 11.0 Å². The van der Waals surface area contributed by atoms with E-state index >= 15 is 0 Å². The van der Waals surface area contributed by atoms with Crippen molar-refractivity contribution in [2.24, 2.45) is 0 Å². The number of ether oxygens (including phenoxy) is 2. The van der Waals surface area contributed by atoms with Gasteiger partial charge in [0.2, 0.25) is 10.0 Å². The van der Waals surface area contributed by atoms with Crippen molar-refractivity contribution in [1.29, 1.82) is 0 Å². The van der Waals surface area contributed by atoms with Crippen molar-refractivity contribution >= 4 is 49.2 Å². The lowest BCUT2D eigenvalue weighted by atomic mass is 10.3. The van der Waals surface area contributed by atoms with Crippen LogP contribution in [0.2, 0.25) is 10.0 Å². The van der Waals surface area contributed by atoms with Gasteiger partial charge in [-0.3, -0.25) is 0 Å². The van der Waals surface area contributed by atoms with E-state index in [0.717, 1.165) is 0 Å². The molecule has 1 aliphatic rings. The van der Waals surface area contributed by atoms with Crippen LogP contribution in [0, 0.1) is 0 Å². The summed E-state index contributed by atoms with van der Waals surface area (Å²) in [7, 11) is -3.81. The molecule has 0 radical (unpaired) electrons. The van der Waals surface area contributed by atoms with Crippen LogP contribution in [0.4, 0.5) is 0 Å². The maximum absolute atomic E-state index is 12.2. The van der Waals surface area contributed by atoms with Crippen LogP contribution in [0.3, 0.4) is 0 Å². The van der Waals surface area contributed by atoms with E-state index in [1.165, 1.54) is 12.1 Å². The van der Waals surface area contributed by atoms with Gasteiger partial charge >= 0.3 is 0 Å². The molecule has 2 rings (SSSR count). The molecule has 112 valence electrons. The molecule has 0 amide bonds. The minimum atomic E-state index is -3.81. The third kappa shape index (κ3) is 4.07. The van der Waals surface area contributed by atoms with Crippen LogP contribution in [0.25, 0.3) is 0 Å². The van der Waals surface area contributed by atoms with Gasteiger partial charge < -0.3 is 9.47 Å². The van der Waals surface area contributed by atoms with Crippen LogP contribution < -0.4 is 4.72 Å². The Balaban J connectivity index is 2.14. The number of halogens is 3. The first-order chi connectivity index (χ1) is 9.40. The predicted octanol–water partition coefficient (Wildman–Crippen LogP) is 2.45. The van der Waals surface area contributed by atoms with Crippen molar-refractivity contribution in [3.05, 3.63) is 26.7 Å². The summed E-state index contributed by atoms with van der Waals surface area (Å²) in [6.45, 7) is 1.43. The van der Waals surface area contributed by atoms with Gasteiger partial charge in [-0.1, -0.05) is 39.1 Å².